The Morgan fingerprint density at radius 3 is 3.09 bits per heavy atom. The van der Waals surface area contributed by atoms with Crippen LogP contribution in [0.15, 0.2) is 18.2 Å². The summed E-state index contributed by atoms with van der Waals surface area (Å²) in [6, 6.07) is 5.74. The summed E-state index contributed by atoms with van der Waals surface area (Å²) in [5, 5.41) is 13.4. The third-order valence-electron chi connectivity index (χ3n) is 6.99. The van der Waals surface area contributed by atoms with Gasteiger partial charge in [0.15, 0.2) is 5.78 Å². The van der Waals surface area contributed by atoms with Gasteiger partial charge in [-0.1, -0.05) is 13.3 Å². The summed E-state index contributed by atoms with van der Waals surface area (Å²) in [5.74, 6) is 2.30. The number of nitrogens with zero attached hydrogens (tertiary/aromatic N) is 1. The molecule has 4 heteroatoms. The Kier molecular flexibility index (Phi) is 2.71. The maximum Gasteiger partial charge on any atom is 0.190 e. The first-order chi connectivity index (χ1) is 11.1. The largest absolute Gasteiger partial charge is 0.508 e. The van der Waals surface area contributed by atoms with E-state index in [0.717, 1.165) is 30.5 Å². The zero-order valence-corrected chi connectivity index (χ0v) is 13.6. The van der Waals surface area contributed by atoms with Gasteiger partial charge in [0.25, 0.3) is 0 Å². The number of hydrogen-bond acceptors (Lipinski definition) is 4. The number of fused-ring (bicyclic) bond motifs is 2. The van der Waals surface area contributed by atoms with Crippen LogP contribution in [0.25, 0.3) is 0 Å². The van der Waals surface area contributed by atoms with E-state index in [1.807, 2.05) is 6.07 Å². The Labute approximate surface area is 136 Å². The summed E-state index contributed by atoms with van der Waals surface area (Å²) in [4.78, 5) is 16.0. The summed E-state index contributed by atoms with van der Waals surface area (Å²) >= 11 is 0. The highest BCUT2D eigenvalue weighted by Gasteiger charge is 2.61. The molecule has 6 rings (SSSR count). The number of piperidine rings is 3. The molecule has 1 spiro atoms. The van der Waals surface area contributed by atoms with E-state index in [2.05, 4.69) is 17.1 Å². The second-order valence-electron chi connectivity index (χ2n) is 8.00. The Balaban J connectivity index is 1.58. The summed E-state index contributed by atoms with van der Waals surface area (Å²) in [7, 11) is 0. The molecular formula is C19H24N2O2. The molecule has 1 aromatic rings. The van der Waals surface area contributed by atoms with Crippen LogP contribution in [-0.4, -0.2) is 40.5 Å². The average molecular weight is 312 g/mol. The van der Waals surface area contributed by atoms with E-state index in [9.17, 15) is 9.90 Å². The van der Waals surface area contributed by atoms with Gasteiger partial charge in [-0.2, -0.15) is 0 Å². The van der Waals surface area contributed by atoms with Crippen molar-refractivity contribution in [2.45, 2.75) is 44.2 Å². The van der Waals surface area contributed by atoms with Crippen LogP contribution in [0.4, 0.5) is 5.69 Å². The molecule has 1 aromatic carbocycles. The number of rotatable bonds is 1. The number of ketones is 1. The maximum absolute atomic E-state index is 13.3. The molecule has 5 aliphatic rings. The van der Waals surface area contributed by atoms with Gasteiger partial charge in [0.2, 0.25) is 0 Å². The summed E-state index contributed by atoms with van der Waals surface area (Å²) < 4.78 is 0. The Bertz CT molecular complexity index is 680. The van der Waals surface area contributed by atoms with Crippen molar-refractivity contribution < 1.29 is 9.90 Å². The van der Waals surface area contributed by atoms with Crippen LogP contribution in [-0.2, 0) is 0 Å². The topological polar surface area (TPSA) is 52.6 Å². The first-order valence-electron chi connectivity index (χ1n) is 9.02. The van der Waals surface area contributed by atoms with Crippen molar-refractivity contribution in [3.05, 3.63) is 23.8 Å². The zero-order valence-electron chi connectivity index (χ0n) is 13.6. The molecule has 122 valence electrons. The van der Waals surface area contributed by atoms with E-state index < -0.39 is 5.54 Å². The van der Waals surface area contributed by atoms with Crippen molar-refractivity contribution in [3.63, 3.8) is 0 Å². The molecule has 3 saturated heterocycles. The van der Waals surface area contributed by atoms with Crippen LogP contribution in [0, 0.1) is 17.8 Å². The van der Waals surface area contributed by atoms with Gasteiger partial charge in [-0.05, 0) is 49.3 Å². The zero-order chi connectivity index (χ0) is 15.8. The molecule has 4 nitrogen and oxygen atoms in total. The van der Waals surface area contributed by atoms with Gasteiger partial charge >= 0.3 is 0 Å². The predicted octanol–water partition coefficient (Wildman–Crippen LogP) is 2.88. The van der Waals surface area contributed by atoms with Crippen molar-refractivity contribution >= 4 is 11.5 Å². The molecule has 6 atom stereocenters. The van der Waals surface area contributed by atoms with Crippen LogP contribution in [0.2, 0.25) is 0 Å². The Morgan fingerprint density at radius 2 is 2.26 bits per heavy atom. The Hall–Kier alpha value is -1.55. The fraction of sp³-hybridized carbons (Fsp3) is 0.632. The van der Waals surface area contributed by atoms with Crippen LogP contribution in [0.5, 0.6) is 5.75 Å². The van der Waals surface area contributed by atoms with Crippen molar-refractivity contribution in [3.8, 4) is 5.75 Å². The molecule has 4 bridgehead atoms. The maximum atomic E-state index is 13.3. The minimum absolute atomic E-state index is 0.185. The third kappa shape index (κ3) is 1.68. The summed E-state index contributed by atoms with van der Waals surface area (Å²) in [6.07, 6.45) is 4.63. The minimum atomic E-state index is -0.427. The molecule has 23 heavy (non-hydrogen) atoms. The van der Waals surface area contributed by atoms with E-state index in [1.165, 1.54) is 25.8 Å². The lowest BCUT2D eigenvalue weighted by Crippen LogP contribution is -2.70. The average Bonchev–Trinajstić information content (AvgIpc) is 2.85. The van der Waals surface area contributed by atoms with Crippen LogP contribution in [0.3, 0.4) is 0 Å². The fourth-order valence-corrected chi connectivity index (χ4v) is 6.10. The number of anilines is 1. The van der Waals surface area contributed by atoms with Gasteiger partial charge in [0.1, 0.15) is 11.3 Å². The molecular weight excluding hydrogens is 288 g/mol. The minimum Gasteiger partial charge on any atom is -0.508 e. The van der Waals surface area contributed by atoms with Gasteiger partial charge in [-0.3, -0.25) is 9.69 Å². The van der Waals surface area contributed by atoms with Gasteiger partial charge in [-0.25, -0.2) is 0 Å². The lowest BCUT2D eigenvalue weighted by molar-refractivity contribution is -0.0893. The highest BCUT2D eigenvalue weighted by atomic mass is 16.3. The first-order valence-corrected chi connectivity index (χ1v) is 9.02. The number of phenolic OH excluding ortho intramolecular Hbond substituents is 1. The molecule has 4 aliphatic heterocycles. The summed E-state index contributed by atoms with van der Waals surface area (Å²) in [6.45, 7) is 4.55. The molecule has 4 heterocycles. The van der Waals surface area contributed by atoms with E-state index in [1.54, 1.807) is 12.1 Å². The molecule has 1 unspecified atom stereocenters. The van der Waals surface area contributed by atoms with Crippen LogP contribution in [0.1, 0.15) is 43.0 Å². The number of benzene rings is 1. The number of Topliss-reactive ketones (excluding diaryl/α,β-unsaturated/α-hetero) is 1. The van der Waals surface area contributed by atoms with E-state index in [0.29, 0.717) is 17.5 Å². The normalized spacial score (nSPS) is 43.5. The highest BCUT2D eigenvalue weighted by Crippen LogP contribution is 2.55. The quantitative estimate of drug-likeness (QED) is 0.783. The van der Waals surface area contributed by atoms with Gasteiger partial charge < -0.3 is 10.4 Å². The lowest BCUT2D eigenvalue weighted by atomic mass is 9.56. The van der Waals surface area contributed by atoms with Crippen molar-refractivity contribution in [2.75, 3.05) is 18.4 Å². The number of hydrogen-bond donors (Lipinski definition) is 2. The molecule has 1 aliphatic carbocycles. The number of aromatic hydroxyl groups is 1. The summed E-state index contributed by atoms with van der Waals surface area (Å²) in [5.41, 5.74) is 1.17. The standard InChI is InChI=1S/C19H24N2O2/c1-2-12-7-11-8-15-17(12)21(10-11)6-5-19(15)18(23)14-9-13(22)3-4-16(14)20-19/h3-4,9,11-12,15,17,20,22H,2,5-8,10H2,1H3/t11-,12+,15-,17+,19+/m1/s1. The second kappa shape index (κ2) is 4.50. The van der Waals surface area contributed by atoms with Crippen molar-refractivity contribution in [2.24, 2.45) is 17.8 Å². The monoisotopic (exact) mass is 312 g/mol. The molecule has 0 amide bonds. The van der Waals surface area contributed by atoms with Gasteiger partial charge in [0.05, 0.1) is 0 Å². The fourth-order valence-electron chi connectivity index (χ4n) is 6.10. The smallest absolute Gasteiger partial charge is 0.190 e. The number of phenols is 1. The molecule has 0 radical (unpaired) electrons. The number of nitrogens with one attached hydrogen (secondary N) is 1. The van der Waals surface area contributed by atoms with E-state index >= 15 is 0 Å². The molecule has 2 N–H and O–H groups in total. The van der Waals surface area contributed by atoms with Gasteiger partial charge in [-0.15, -0.1) is 0 Å². The lowest BCUT2D eigenvalue weighted by Gasteiger charge is -2.62. The number of carbonyl (C=O) groups is 1. The van der Waals surface area contributed by atoms with E-state index in [-0.39, 0.29) is 11.5 Å². The van der Waals surface area contributed by atoms with Crippen molar-refractivity contribution in [1.82, 2.24) is 4.90 Å². The number of carbonyl (C=O) groups excluding carboxylic acids is 1. The second-order valence-corrected chi connectivity index (χ2v) is 8.00. The third-order valence-corrected chi connectivity index (χ3v) is 6.99. The predicted molar refractivity (Wildman–Crippen MR) is 88.8 cm³/mol. The van der Waals surface area contributed by atoms with Crippen LogP contribution < -0.4 is 5.32 Å². The molecule has 1 saturated carbocycles. The molecule has 4 fully saturated rings. The SMILES string of the molecule is CC[C@H]1C[C@@H]2C[C@@H]3[C@H]1N(CC[C@]31Nc3ccc(O)cc3C1=O)C2. The van der Waals surface area contributed by atoms with Gasteiger partial charge in [0, 0.05) is 36.3 Å². The Morgan fingerprint density at radius 1 is 1.39 bits per heavy atom. The molecule has 0 aromatic heterocycles. The first kappa shape index (κ1) is 13.8. The van der Waals surface area contributed by atoms with Crippen molar-refractivity contribution in [1.29, 1.82) is 0 Å². The highest BCUT2D eigenvalue weighted by molar-refractivity contribution is 6.14. The van der Waals surface area contributed by atoms with Crippen LogP contribution >= 0.6 is 0 Å². The van der Waals surface area contributed by atoms with E-state index in [4.69, 9.17) is 0 Å².